The molecule has 1 saturated carbocycles. The monoisotopic (exact) mass is 469 g/mol. The van der Waals surface area contributed by atoms with Gasteiger partial charge in [0, 0.05) is 88.3 Å². The third-order valence-electron chi connectivity index (χ3n) is 7.75. The summed E-state index contributed by atoms with van der Waals surface area (Å²) in [4.78, 5) is 15.3. The van der Waals surface area contributed by atoms with Gasteiger partial charge in [-0.1, -0.05) is 6.07 Å². The second-order valence-corrected chi connectivity index (χ2v) is 11.3. The molecule has 31 heavy (non-hydrogen) atoms. The minimum atomic E-state index is -3.84. The maximum absolute atomic E-state index is 13.0. The Bertz CT molecular complexity index is 964. The third kappa shape index (κ3) is 4.18. The maximum Gasteiger partial charge on any atom is 0.333 e. The first-order valence-corrected chi connectivity index (χ1v) is 13.0. The van der Waals surface area contributed by atoms with E-state index in [1.54, 1.807) is 0 Å². The van der Waals surface area contributed by atoms with Gasteiger partial charge in [-0.05, 0) is 86.5 Å². The maximum atomic E-state index is 13.0. The number of nitrogens with one attached hydrogen (secondary N) is 2. The smallest absolute Gasteiger partial charge is 0.307 e. The molecule has 2 amide bonds. The number of piperazine rings is 1. The standard InChI is InChI=1S/C22H30N4O3S.K/c27-22(23-21-19-5-1-3-14(19)11-15-4-2-6-20(15)21)24-30(28,29)25-12-17-9-10-18(13-25)26(17)16-7-8-16;/h11,16-18H,1-10,12-13H2,(H2,23,24,27);. The van der Waals surface area contributed by atoms with Crippen LogP contribution in [0, 0.1) is 0 Å². The van der Waals surface area contributed by atoms with E-state index in [2.05, 4.69) is 21.0 Å². The minimum Gasteiger partial charge on any atom is -0.307 e. The van der Waals surface area contributed by atoms with E-state index in [0.29, 0.717) is 31.2 Å². The number of carbonyl (C=O) groups is 1. The number of benzene rings is 1. The molecule has 163 valence electrons. The first-order valence-electron chi connectivity index (χ1n) is 11.5. The number of amides is 2. The van der Waals surface area contributed by atoms with E-state index in [-0.39, 0.29) is 51.4 Å². The summed E-state index contributed by atoms with van der Waals surface area (Å²) in [6.45, 7) is 0.984. The molecule has 9 heteroatoms. The van der Waals surface area contributed by atoms with Gasteiger partial charge in [-0.15, -0.1) is 0 Å². The molecule has 1 aromatic rings. The molecule has 3 fully saturated rings. The summed E-state index contributed by atoms with van der Waals surface area (Å²) in [6.07, 6.45) is 10.8. The van der Waals surface area contributed by atoms with Crippen molar-refractivity contribution in [2.45, 2.75) is 82.3 Å². The van der Waals surface area contributed by atoms with Crippen molar-refractivity contribution >= 4 is 73.3 Å². The number of urea groups is 1. The number of carbonyl (C=O) groups excluding carboxylic acids is 1. The van der Waals surface area contributed by atoms with Gasteiger partial charge in [0.25, 0.3) is 0 Å². The van der Waals surface area contributed by atoms with E-state index in [1.165, 1.54) is 39.4 Å². The molecule has 0 aromatic heterocycles. The van der Waals surface area contributed by atoms with Crippen LogP contribution in [0.3, 0.4) is 0 Å². The Labute approximate surface area is 227 Å². The van der Waals surface area contributed by atoms with Gasteiger partial charge in [-0.2, -0.15) is 12.7 Å². The first kappa shape index (κ1) is 22.8. The molecule has 2 aliphatic heterocycles. The van der Waals surface area contributed by atoms with E-state index < -0.39 is 16.2 Å². The van der Waals surface area contributed by atoms with Gasteiger partial charge in [0.2, 0.25) is 0 Å². The van der Waals surface area contributed by atoms with Crippen LogP contribution in [0.15, 0.2) is 6.07 Å². The molecule has 2 bridgehead atoms. The van der Waals surface area contributed by atoms with Gasteiger partial charge >= 0.3 is 16.2 Å². The molecule has 0 spiro atoms. The summed E-state index contributed by atoms with van der Waals surface area (Å²) in [5.41, 5.74) is 5.94. The Balaban J connectivity index is 0.00000204. The average molecular weight is 470 g/mol. The first-order chi connectivity index (χ1) is 14.5. The molecule has 1 radical (unpaired) electrons. The number of rotatable bonds is 4. The van der Waals surface area contributed by atoms with Gasteiger partial charge < -0.3 is 5.32 Å². The predicted octanol–water partition coefficient (Wildman–Crippen LogP) is 1.96. The van der Waals surface area contributed by atoms with E-state index >= 15 is 0 Å². The van der Waals surface area contributed by atoms with Crippen molar-refractivity contribution in [1.29, 1.82) is 0 Å². The zero-order chi connectivity index (χ0) is 20.5. The van der Waals surface area contributed by atoms with Crippen molar-refractivity contribution in [2.75, 3.05) is 18.4 Å². The number of hydrogen-bond acceptors (Lipinski definition) is 4. The van der Waals surface area contributed by atoms with Crippen LogP contribution in [0.5, 0.6) is 0 Å². The Hall–Kier alpha value is -0.00364. The summed E-state index contributed by atoms with van der Waals surface area (Å²) < 4.78 is 29.8. The van der Waals surface area contributed by atoms with Crippen LogP contribution in [0.25, 0.3) is 0 Å². The molecule has 2 atom stereocenters. The molecule has 2 heterocycles. The molecule has 6 rings (SSSR count). The van der Waals surface area contributed by atoms with Crippen molar-refractivity contribution in [2.24, 2.45) is 0 Å². The van der Waals surface area contributed by atoms with E-state index in [4.69, 9.17) is 0 Å². The number of anilines is 1. The van der Waals surface area contributed by atoms with E-state index in [1.807, 2.05) is 0 Å². The van der Waals surface area contributed by atoms with Crippen molar-refractivity contribution in [3.63, 3.8) is 0 Å². The summed E-state index contributed by atoms with van der Waals surface area (Å²) in [5.74, 6) is 0. The fourth-order valence-electron chi connectivity index (χ4n) is 6.35. The van der Waals surface area contributed by atoms with E-state index in [0.717, 1.165) is 57.1 Å². The number of hydrogen-bond donors (Lipinski definition) is 2. The second-order valence-electron chi connectivity index (χ2n) is 9.68. The van der Waals surface area contributed by atoms with Crippen LogP contribution >= 0.6 is 0 Å². The van der Waals surface area contributed by atoms with Crippen molar-refractivity contribution in [1.82, 2.24) is 13.9 Å². The Kier molecular flexibility index (Phi) is 6.35. The van der Waals surface area contributed by atoms with E-state index in [9.17, 15) is 13.2 Å². The molecule has 2 N–H and O–H groups in total. The van der Waals surface area contributed by atoms with Crippen LogP contribution in [0.1, 0.15) is 60.8 Å². The summed E-state index contributed by atoms with van der Waals surface area (Å²) in [6, 6.07) is 2.94. The Morgan fingerprint density at radius 2 is 1.42 bits per heavy atom. The quantitative estimate of drug-likeness (QED) is 0.661. The molecule has 5 aliphatic rings. The normalized spacial score (nSPS) is 27.5. The summed E-state index contributed by atoms with van der Waals surface area (Å²) in [5, 5.41) is 2.95. The topological polar surface area (TPSA) is 81.8 Å². The van der Waals surface area contributed by atoms with Gasteiger partial charge in [-0.3, -0.25) is 4.90 Å². The predicted molar refractivity (Wildman–Crippen MR) is 121 cm³/mol. The fraction of sp³-hybridized carbons (Fsp3) is 0.682. The summed E-state index contributed by atoms with van der Waals surface area (Å²) >= 11 is 0. The van der Waals surface area contributed by atoms with Crippen LogP contribution in [0.4, 0.5) is 10.5 Å². The fourth-order valence-corrected chi connectivity index (χ4v) is 7.50. The molecule has 3 aliphatic carbocycles. The largest absolute Gasteiger partial charge is 0.333 e. The number of aryl methyl sites for hydroxylation is 2. The SMILES string of the molecule is O=C(Nc1c2c(cc3c1CCC3)CCC2)NS(=O)(=O)N1CC2CCC(C1)N2C1CC1.[K]. The van der Waals surface area contributed by atoms with Crippen molar-refractivity contribution in [3.05, 3.63) is 28.3 Å². The van der Waals surface area contributed by atoms with Gasteiger partial charge in [-0.25, -0.2) is 9.52 Å². The van der Waals surface area contributed by atoms with Gasteiger partial charge in [0.1, 0.15) is 0 Å². The number of fused-ring (bicyclic) bond motifs is 4. The Morgan fingerprint density at radius 3 is 1.97 bits per heavy atom. The van der Waals surface area contributed by atoms with Crippen molar-refractivity contribution in [3.8, 4) is 0 Å². The van der Waals surface area contributed by atoms with Crippen LogP contribution in [-0.4, -0.2) is 106 Å². The van der Waals surface area contributed by atoms with Crippen LogP contribution in [0.2, 0.25) is 0 Å². The Morgan fingerprint density at radius 1 is 0.871 bits per heavy atom. The molecule has 2 saturated heterocycles. The average Bonchev–Trinajstić information content (AvgIpc) is 3.12. The third-order valence-corrected chi connectivity index (χ3v) is 9.17. The molecule has 7 nitrogen and oxygen atoms in total. The van der Waals surface area contributed by atoms with Gasteiger partial charge in [0.05, 0.1) is 0 Å². The molecule has 2 unspecified atom stereocenters. The van der Waals surface area contributed by atoms with Gasteiger partial charge in [0.15, 0.2) is 0 Å². The molecule has 1 aromatic carbocycles. The van der Waals surface area contributed by atoms with Crippen LogP contribution in [-0.2, 0) is 35.9 Å². The number of nitrogens with zero attached hydrogens (tertiary/aromatic N) is 2. The zero-order valence-corrected chi connectivity index (χ0v) is 22.3. The zero-order valence-electron chi connectivity index (χ0n) is 18.3. The van der Waals surface area contributed by atoms with Crippen LogP contribution < -0.4 is 10.0 Å². The molecular formula is C22H30KN4O3S. The second kappa shape index (κ2) is 8.65. The summed E-state index contributed by atoms with van der Waals surface area (Å²) in [7, 11) is -3.84. The molecular weight excluding hydrogens is 439 g/mol. The minimum absolute atomic E-state index is 0. The van der Waals surface area contributed by atoms with Crippen molar-refractivity contribution < 1.29 is 13.2 Å².